The van der Waals surface area contributed by atoms with Gasteiger partial charge in [-0.25, -0.2) is 0 Å². The third kappa shape index (κ3) is 9.11. The van der Waals surface area contributed by atoms with Crippen molar-refractivity contribution in [3.63, 3.8) is 0 Å². The first-order valence-electron chi connectivity index (χ1n) is 15.3. The maximum atomic E-state index is 5.88. The fraction of sp³-hybridized carbons (Fsp3) is 0.697. The highest BCUT2D eigenvalue weighted by Crippen LogP contribution is 2.27. The second-order valence-corrected chi connectivity index (χ2v) is 12.6. The Hall–Kier alpha value is -2.26. The first-order chi connectivity index (χ1) is 19.5. The van der Waals surface area contributed by atoms with E-state index in [4.69, 9.17) is 19.2 Å². The molecule has 0 bridgehead atoms. The average molecular weight is 570 g/mol. The van der Waals surface area contributed by atoms with Gasteiger partial charge in [-0.05, 0) is 77.4 Å². The van der Waals surface area contributed by atoms with Gasteiger partial charge in [-0.1, -0.05) is 27.7 Å². The number of aromatic nitrogens is 2. The van der Waals surface area contributed by atoms with Crippen molar-refractivity contribution < 1.29 is 14.2 Å². The molecule has 0 aliphatic carbocycles. The van der Waals surface area contributed by atoms with Crippen LogP contribution in [0.4, 0.5) is 11.4 Å². The van der Waals surface area contributed by atoms with Crippen molar-refractivity contribution in [3.05, 3.63) is 47.5 Å². The Morgan fingerprint density at radius 1 is 1.07 bits per heavy atom. The topological polar surface area (TPSA) is 63.2 Å². The quantitative estimate of drug-likeness (QED) is 0.380. The van der Waals surface area contributed by atoms with Crippen LogP contribution in [0.1, 0.15) is 83.8 Å². The summed E-state index contributed by atoms with van der Waals surface area (Å²) >= 11 is 0. The lowest BCUT2D eigenvalue weighted by atomic mass is 9.99. The Bertz CT molecular complexity index is 1060. The molecule has 2 aliphatic rings. The molecule has 2 fully saturated rings. The van der Waals surface area contributed by atoms with Crippen LogP contribution in [0.5, 0.6) is 0 Å². The van der Waals surface area contributed by atoms with Crippen LogP contribution in [-0.4, -0.2) is 93.3 Å². The molecule has 4 heterocycles. The number of pyridine rings is 2. The van der Waals surface area contributed by atoms with E-state index in [-0.39, 0.29) is 11.7 Å². The van der Waals surface area contributed by atoms with Crippen LogP contribution in [0.2, 0.25) is 0 Å². The number of ether oxygens (including phenoxy) is 3. The minimum Gasteiger partial charge on any atom is -0.377 e. The molecule has 4 rings (SSSR count). The summed E-state index contributed by atoms with van der Waals surface area (Å²) in [6.45, 7) is 21.1. The predicted octanol–water partition coefficient (Wildman–Crippen LogP) is 5.72. The number of rotatable bonds is 9. The maximum absolute atomic E-state index is 5.88. The number of nitrogens with zero attached hydrogens (tertiary/aromatic N) is 5. The molecule has 2 unspecified atom stereocenters. The lowest BCUT2D eigenvalue weighted by Gasteiger charge is -2.41. The van der Waals surface area contributed by atoms with Crippen molar-refractivity contribution in [2.24, 2.45) is 0 Å². The number of methoxy groups -OCH3 is 1. The van der Waals surface area contributed by atoms with Crippen LogP contribution in [0, 0.1) is 0 Å². The summed E-state index contributed by atoms with van der Waals surface area (Å²) in [5.74, 6) is 0.982. The van der Waals surface area contributed by atoms with E-state index in [0.717, 1.165) is 52.4 Å². The molecular weight excluding hydrogens is 514 g/mol. The molecule has 0 aromatic carbocycles. The van der Waals surface area contributed by atoms with E-state index in [0.29, 0.717) is 17.9 Å². The van der Waals surface area contributed by atoms with Gasteiger partial charge in [-0.3, -0.25) is 9.97 Å². The minimum atomic E-state index is -0.275. The Morgan fingerprint density at radius 3 is 2.39 bits per heavy atom. The van der Waals surface area contributed by atoms with Gasteiger partial charge in [0, 0.05) is 50.7 Å². The highest BCUT2D eigenvalue weighted by molar-refractivity contribution is 5.53. The van der Waals surface area contributed by atoms with E-state index in [1.165, 1.54) is 28.5 Å². The zero-order chi connectivity index (χ0) is 30.2. The highest BCUT2D eigenvalue weighted by Gasteiger charge is 2.34. The summed E-state index contributed by atoms with van der Waals surface area (Å²) in [5, 5.41) is 0. The molecule has 0 saturated carbocycles. The van der Waals surface area contributed by atoms with Crippen molar-refractivity contribution in [1.82, 2.24) is 14.9 Å². The van der Waals surface area contributed by atoms with Crippen LogP contribution in [-0.2, 0) is 20.8 Å². The Kier molecular flexibility index (Phi) is 12.4. The molecule has 2 aromatic heterocycles. The zero-order valence-electron chi connectivity index (χ0n) is 27.3. The number of hydrogen-bond donors (Lipinski definition) is 0. The molecule has 230 valence electrons. The monoisotopic (exact) mass is 569 g/mol. The minimum absolute atomic E-state index is 0.0745. The van der Waals surface area contributed by atoms with Gasteiger partial charge in [0.15, 0.2) is 0 Å². The Morgan fingerprint density at radius 2 is 1.80 bits per heavy atom. The van der Waals surface area contributed by atoms with E-state index in [9.17, 15) is 0 Å². The van der Waals surface area contributed by atoms with Crippen molar-refractivity contribution in [2.75, 3.05) is 70.5 Å². The van der Waals surface area contributed by atoms with Gasteiger partial charge in [0.25, 0.3) is 0 Å². The maximum Gasteiger partial charge on any atom is 0.103 e. The fourth-order valence-electron chi connectivity index (χ4n) is 5.12. The van der Waals surface area contributed by atoms with Crippen LogP contribution in [0.15, 0.2) is 30.5 Å². The molecule has 41 heavy (non-hydrogen) atoms. The van der Waals surface area contributed by atoms with Crippen LogP contribution in [0.25, 0.3) is 0 Å². The highest BCUT2D eigenvalue weighted by atomic mass is 16.5. The molecule has 2 aliphatic heterocycles. The van der Waals surface area contributed by atoms with Crippen molar-refractivity contribution in [3.8, 4) is 0 Å². The first kappa shape index (κ1) is 33.2. The van der Waals surface area contributed by atoms with Crippen LogP contribution >= 0.6 is 0 Å². The lowest BCUT2D eigenvalue weighted by Crippen LogP contribution is -2.52. The first-order valence-corrected chi connectivity index (χ1v) is 15.3. The number of anilines is 2. The van der Waals surface area contributed by atoms with Crippen molar-refractivity contribution >= 4 is 11.4 Å². The van der Waals surface area contributed by atoms with Crippen LogP contribution in [0.3, 0.4) is 0 Å². The van der Waals surface area contributed by atoms with Gasteiger partial charge in [0.2, 0.25) is 0 Å². The molecule has 0 radical (unpaired) electrons. The van der Waals surface area contributed by atoms with Gasteiger partial charge in [0.1, 0.15) is 6.10 Å². The Balaban J connectivity index is 0.000000226. The van der Waals surface area contributed by atoms with E-state index in [2.05, 4.69) is 107 Å². The van der Waals surface area contributed by atoms with E-state index in [1.54, 1.807) is 7.11 Å². The van der Waals surface area contributed by atoms with E-state index >= 15 is 0 Å². The molecule has 8 heteroatoms. The van der Waals surface area contributed by atoms with Crippen molar-refractivity contribution in [2.45, 2.75) is 91.0 Å². The molecule has 3 atom stereocenters. The summed E-state index contributed by atoms with van der Waals surface area (Å²) in [7, 11) is 5.93. The van der Waals surface area contributed by atoms with Gasteiger partial charge in [-0.2, -0.15) is 0 Å². The largest absolute Gasteiger partial charge is 0.377 e. The molecule has 0 amide bonds. The summed E-state index contributed by atoms with van der Waals surface area (Å²) in [6.07, 6.45) is 3.18. The average Bonchev–Trinajstić information content (AvgIpc) is 2.97. The molecule has 2 aromatic rings. The molecular formula is C33H55N5O3. The summed E-state index contributed by atoms with van der Waals surface area (Å²) in [4.78, 5) is 16.5. The van der Waals surface area contributed by atoms with Gasteiger partial charge >= 0.3 is 0 Å². The smallest absolute Gasteiger partial charge is 0.103 e. The fourth-order valence-corrected chi connectivity index (χ4v) is 5.12. The molecule has 0 spiro atoms. The summed E-state index contributed by atoms with van der Waals surface area (Å²) < 4.78 is 17.0. The number of morpholine rings is 2. The summed E-state index contributed by atoms with van der Waals surface area (Å²) in [6, 6.07) is 9.15. The van der Waals surface area contributed by atoms with Crippen LogP contribution < -0.4 is 9.80 Å². The summed E-state index contributed by atoms with van der Waals surface area (Å²) in [5.41, 5.74) is 5.67. The normalized spacial score (nSPS) is 20.7. The SMILES string of the molecule is CC(C)c1ccc(N2CCOCC2C)c(CN(C)C)n1.CCC(C)c1ccc(N2CCO[C@H](C(C)(C)OC)C2)cn1. The lowest BCUT2D eigenvalue weighted by molar-refractivity contribution is -0.113. The zero-order valence-corrected chi connectivity index (χ0v) is 27.3. The molecule has 0 N–H and O–H groups in total. The second kappa shape index (κ2) is 15.3. The van der Waals surface area contributed by atoms with Gasteiger partial charge < -0.3 is 28.9 Å². The van der Waals surface area contributed by atoms with E-state index in [1.807, 2.05) is 6.20 Å². The van der Waals surface area contributed by atoms with E-state index < -0.39 is 0 Å². The van der Waals surface area contributed by atoms with Crippen molar-refractivity contribution in [1.29, 1.82) is 0 Å². The molecule has 8 nitrogen and oxygen atoms in total. The predicted molar refractivity (Wildman–Crippen MR) is 169 cm³/mol. The third-order valence-corrected chi connectivity index (χ3v) is 8.33. The molecule has 2 saturated heterocycles. The second-order valence-electron chi connectivity index (χ2n) is 12.6. The standard InChI is InChI=1S/C17H28N2O2.C16H27N3O/c1-6-13(2)15-8-7-14(11-18-15)19-9-10-21-16(12-19)17(3,4)20-5;1-12(2)14-6-7-16(15(17-14)10-18(4)5)19-8-9-20-11-13(19)3/h7-8,11,13,16H,6,9-10,12H2,1-5H3;6-7,12-13H,8-11H2,1-5H3/t13?,16-;/m0./s1. The number of hydrogen-bond acceptors (Lipinski definition) is 8. The van der Waals surface area contributed by atoms with Gasteiger partial charge in [-0.15, -0.1) is 0 Å². The third-order valence-electron chi connectivity index (χ3n) is 8.33. The van der Waals surface area contributed by atoms with Gasteiger partial charge in [0.05, 0.1) is 48.7 Å². The Labute approximate surface area is 249 Å².